The smallest absolute Gasteiger partial charge is 0.273 e. The standard InChI is InChI=1S/C11H21N3OS/c1-9-10(16-11(13-9)15-4)8-12-6-5-7-14(2)3/h12H,5-8H2,1-4H3. The Hall–Kier alpha value is -0.650. The van der Waals surface area contributed by atoms with Gasteiger partial charge in [-0.3, -0.25) is 0 Å². The highest BCUT2D eigenvalue weighted by atomic mass is 32.1. The summed E-state index contributed by atoms with van der Waals surface area (Å²) in [5, 5.41) is 4.18. The molecule has 92 valence electrons. The molecule has 0 fully saturated rings. The van der Waals surface area contributed by atoms with Crippen LogP contribution >= 0.6 is 11.3 Å². The summed E-state index contributed by atoms with van der Waals surface area (Å²) < 4.78 is 5.11. The molecule has 0 saturated heterocycles. The molecular weight excluding hydrogens is 222 g/mol. The number of ether oxygens (including phenoxy) is 1. The maximum absolute atomic E-state index is 5.11. The third kappa shape index (κ3) is 4.47. The summed E-state index contributed by atoms with van der Waals surface area (Å²) in [6, 6.07) is 0. The van der Waals surface area contributed by atoms with Crippen molar-refractivity contribution in [2.75, 3.05) is 34.3 Å². The molecule has 0 aliphatic rings. The van der Waals surface area contributed by atoms with Crippen molar-refractivity contribution < 1.29 is 4.74 Å². The van der Waals surface area contributed by atoms with Crippen LogP contribution in [0.4, 0.5) is 0 Å². The van der Waals surface area contributed by atoms with Crippen LogP contribution < -0.4 is 10.1 Å². The molecule has 0 atom stereocenters. The van der Waals surface area contributed by atoms with Gasteiger partial charge in [0.25, 0.3) is 5.19 Å². The van der Waals surface area contributed by atoms with Gasteiger partial charge in [0.2, 0.25) is 0 Å². The van der Waals surface area contributed by atoms with Crippen molar-refractivity contribution in [3.63, 3.8) is 0 Å². The highest BCUT2D eigenvalue weighted by Crippen LogP contribution is 2.23. The molecule has 0 radical (unpaired) electrons. The molecule has 16 heavy (non-hydrogen) atoms. The zero-order valence-electron chi connectivity index (χ0n) is 10.5. The molecule has 0 aromatic carbocycles. The molecule has 5 heteroatoms. The van der Waals surface area contributed by atoms with Gasteiger partial charge in [-0.25, -0.2) is 4.98 Å². The molecule has 4 nitrogen and oxygen atoms in total. The molecule has 0 bridgehead atoms. The average molecular weight is 243 g/mol. The topological polar surface area (TPSA) is 37.4 Å². The quantitative estimate of drug-likeness (QED) is 0.737. The molecule has 0 amide bonds. The van der Waals surface area contributed by atoms with Gasteiger partial charge in [0, 0.05) is 11.4 Å². The number of nitrogens with zero attached hydrogens (tertiary/aromatic N) is 2. The first-order valence-corrected chi connectivity index (χ1v) is 6.31. The van der Waals surface area contributed by atoms with E-state index in [0.29, 0.717) is 0 Å². The molecule has 0 aliphatic carbocycles. The molecule has 0 saturated carbocycles. The number of methoxy groups -OCH3 is 1. The number of thiazole rings is 1. The fourth-order valence-electron chi connectivity index (χ4n) is 1.37. The second kappa shape index (κ2) is 6.83. The van der Waals surface area contributed by atoms with Crippen LogP contribution in [0.3, 0.4) is 0 Å². The zero-order valence-corrected chi connectivity index (χ0v) is 11.4. The van der Waals surface area contributed by atoms with E-state index in [9.17, 15) is 0 Å². The van der Waals surface area contributed by atoms with E-state index in [4.69, 9.17) is 4.74 Å². The van der Waals surface area contributed by atoms with Crippen molar-refractivity contribution in [2.45, 2.75) is 19.9 Å². The molecule has 1 rings (SSSR count). The van der Waals surface area contributed by atoms with Crippen LogP contribution in [-0.4, -0.2) is 44.2 Å². The normalized spacial score (nSPS) is 11.1. The number of rotatable bonds is 7. The van der Waals surface area contributed by atoms with Gasteiger partial charge in [0.05, 0.1) is 12.8 Å². The number of hydrogen-bond donors (Lipinski definition) is 1. The third-order valence-corrected chi connectivity index (χ3v) is 3.41. The van der Waals surface area contributed by atoms with Gasteiger partial charge in [0.15, 0.2) is 0 Å². The van der Waals surface area contributed by atoms with Crippen molar-refractivity contribution >= 4 is 11.3 Å². The van der Waals surface area contributed by atoms with Gasteiger partial charge in [-0.05, 0) is 40.5 Å². The summed E-state index contributed by atoms with van der Waals surface area (Å²) in [4.78, 5) is 7.77. The predicted molar refractivity (Wildman–Crippen MR) is 68.3 cm³/mol. The van der Waals surface area contributed by atoms with Gasteiger partial charge >= 0.3 is 0 Å². The first-order chi connectivity index (χ1) is 7.63. The van der Waals surface area contributed by atoms with Gasteiger partial charge in [-0.15, -0.1) is 0 Å². The minimum absolute atomic E-state index is 0.752. The van der Waals surface area contributed by atoms with Gasteiger partial charge in [0.1, 0.15) is 0 Å². The van der Waals surface area contributed by atoms with E-state index in [1.54, 1.807) is 18.4 Å². The fraction of sp³-hybridized carbons (Fsp3) is 0.727. The third-order valence-electron chi connectivity index (χ3n) is 2.29. The van der Waals surface area contributed by atoms with Crippen molar-refractivity contribution in [3.8, 4) is 5.19 Å². The predicted octanol–water partition coefficient (Wildman–Crippen LogP) is 1.50. The summed E-state index contributed by atoms with van der Waals surface area (Å²) in [5.74, 6) is 0. The molecular formula is C11H21N3OS. The summed E-state index contributed by atoms with van der Waals surface area (Å²) >= 11 is 1.62. The van der Waals surface area contributed by atoms with Crippen molar-refractivity contribution in [3.05, 3.63) is 10.6 Å². The average Bonchev–Trinajstić information content (AvgIpc) is 2.59. The minimum atomic E-state index is 0.752. The Morgan fingerprint density at radius 2 is 2.19 bits per heavy atom. The maximum atomic E-state index is 5.11. The SMILES string of the molecule is COc1nc(C)c(CNCCCN(C)C)s1. The number of aromatic nitrogens is 1. The Balaban J connectivity index is 2.23. The van der Waals surface area contributed by atoms with E-state index in [0.717, 1.165) is 30.5 Å². The molecule has 0 unspecified atom stereocenters. The van der Waals surface area contributed by atoms with Crippen LogP contribution in [0.2, 0.25) is 0 Å². The Morgan fingerprint density at radius 1 is 1.44 bits per heavy atom. The molecule has 0 spiro atoms. The Kier molecular flexibility index (Phi) is 5.73. The molecule has 1 aromatic rings. The number of nitrogens with one attached hydrogen (secondary N) is 1. The zero-order chi connectivity index (χ0) is 12.0. The molecule has 1 aromatic heterocycles. The van der Waals surface area contributed by atoms with E-state index in [1.165, 1.54) is 11.3 Å². The number of aryl methyl sites for hydroxylation is 1. The lowest BCUT2D eigenvalue weighted by Crippen LogP contribution is -2.20. The van der Waals surface area contributed by atoms with Gasteiger partial charge in [-0.1, -0.05) is 11.3 Å². The fourth-order valence-corrected chi connectivity index (χ4v) is 2.22. The van der Waals surface area contributed by atoms with Crippen molar-refractivity contribution in [1.29, 1.82) is 0 Å². The highest BCUT2D eigenvalue weighted by Gasteiger charge is 2.06. The lowest BCUT2D eigenvalue weighted by Gasteiger charge is -2.09. The Bertz CT molecular complexity index is 312. The second-order valence-corrected chi connectivity index (χ2v) is 5.07. The van der Waals surface area contributed by atoms with Crippen LogP contribution in [0.15, 0.2) is 0 Å². The van der Waals surface area contributed by atoms with E-state index in [1.807, 2.05) is 6.92 Å². The number of hydrogen-bond acceptors (Lipinski definition) is 5. The van der Waals surface area contributed by atoms with Crippen LogP contribution in [0, 0.1) is 6.92 Å². The lowest BCUT2D eigenvalue weighted by atomic mass is 10.3. The maximum Gasteiger partial charge on any atom is 0.273 e. The monoisotopic (exact) mass is 243 g/mol. The van der Waals surface area contributed by atoms with Gasteiger partial charge in [-0.2, -0.15) is 0 Å². The highest BCUT2D eigenvalue weighted by molar-refractivity contribution is 7.13. The Labute approximate surface area is 102 Å². The van der Waals surface area contributed by atoms with Crippen molar-refractivity contribution in [2.24, 2.45) is 0 Å². The summed E-state index contributed by atoms with van der Waals surface area (Å²) in [6.45, 7) is 5.08. The van der Waals surface area contributed by atoms with Crippen LogP contribution in [0.1, 0.15) is 17.0 Å². The first kappa shape index (κ1) is 13.4. The van der Waals surface area contributed by atoms with Crippen LogP contribution in [0.5, 0.6) is 5.19 Å². The lowest BCUT2D eigenvalue weighted by molar-refractivity contribution is 0.394. The van der Waals surface area contributed by atoms with Crippen LogP contribution in [0.25, 0.3) is 0 Å². The Morgan fingerprint density at radius 3 is 2.75 bits per heavy atom. The molecule has 1 heterocycles. The van der Waals surface area contributed by atoms with Crippen LogP contribution in [-0.2, 0) is 6.54 Å². The summed E-state index contributed by atoms with van der Waals surface area (Å²) in [5.41, 5.74) is 1.07. The second-order valence-electron chi connectivity index (χ2n) is 4.03. The van der Waals surface area contributed by atoms with E-state index in [2.05, 4.69) is 29.3 Å². The van der Waals surface area contributed by atoms with Crippen molar-refractivity contribution in [1.82, 2.24) is 15.2 Å². The van der Waals surface area contributed by atoms with E-state index in [-0.39, 0.29) is 0 Å². The van der Waals surface area contributed by atoms with E-state index < -0.39 is 0 Å². The summed E-state index contributed by atoms with van der Waals surface area (Å²) in [7, 11) is 5.85. The van der Waals surface area contributed by atoms with E-state index >= 15 is 0 Å². The minimum Gasteiger partial charge on any atom is -0.473 e. The molecule has 1 N–H and O–H groups in total. The first-order valence-electron chi connectivity index (χ1n) is 5.49. The largest absolute Gasteiger partial charge is 0.473 e. The van der Waals surface area contributed by atoms with Gasteiger partial charge < -0.3 is 15.0 Å². The summed E-state index contributed by atoms with van der Waals surface area (Å²) in [6.07, 6.45) is 1.17. The molecule has 0 aliphatic heterocycles.